The summed E-state index contributed by atoms with van der Waals surface area (Å²) in [5.41, 5.74) is 0. The molecule has 148 valence electrons. The van der Waals surface area contributed by atoms with Crippen molar-refractivity contribution in [1.29, 1.82) is 0 Å². The topological polar surface area (TPSA) is 78.0 Å². The Morgan fingerprint density at radius 1 is 1.24 bits per heavy atom. The number of ether oxygens (including phenoxy) is 1. The molecule has 0 spiro atoms. The predicted molar refractivity (Wildman–Crippen MR) is 114 cm³/mol. The van der Waals surface area contributed by atoms with E-state index >= 15 is 0 Å². The molecule has 1 rings (SSSR count). The first-order valence-electron chi connectivity index (χ1n) is 9.19. The van der Waals surface area contributed by atoms with E-state index in [1.54, 1.807) is 7.11 Å². The molecule has 0 bridgehead atoms. The highest BCUT2D eigenvalue weighted by Gasteiger charge is 2.17. The van der Waals surface area contributed by atoms with Gasteiger partial charge in [0.2, 0.25) is 5.91 Å². The highest BCUT2D eigenvalue weighted by molar-refractivity contribution is 14.0. The number of carbonyl (C=O) groups excluding carboxylic acids is 1. The SMILES string of the molecule is CCNC(=NCC(=O)NCCOC)NCCCN1CCCCC1C.I. The molecule has 0 aromatic heterocycles. The van der Waals surface area contributed by atoms with E-state index in [2.05, 4.69) is 32.8 Å². The van der Waals surface area contributed by atoms with Gasteiger partial charge in [-0.15, -0.1) is 24.0 Å². The van der Waals surface area contributed by atoms with Crippen LogP contribution in [0.1, 0.15) is 39.5 Å². The van der Waals surface area contributed by atoms with Gasteiger partial charge < -0.3 is 25.6 Å². The molecule has 3 N–H and O–H groups in total. The van der Waals surface area contributed by atoms with Crippen LogP contribution in [0.4, 0.5) is 0 Å². The number of methoxy groups -OCH3 is 1. The van der Waals surface area contributed by atoms with Gasteiger partial charge >= 0.3 is 0 Å². The zero-order valence-electron chi connectivity index (χ0n) is 16.0. The molecule has 1 heterocycles. The first kappa shape index (κ1) is 24.4. The number of amides is 1. The van der Waals surface area contributed by atoms with Crippen molar-refractivity contribution in [2.45, 2.75) is 45.6 Å². The molecule has 25 heavy (non-hydrogen) atoms. The lowest BCUT2D eigenvalue weighted by Gasteiger charge is -2.33. The van der Waals surface area contributed by atoms with Gasteiger partial charge in [0.15, 0.2) is 5.96 Å². The summed E-state index contributed by atoms with van der Waals surface area (Å²) in [5.74, 6) is 0.609. The van der Waals surface area contributed by atoms with Crippen molar-refractivity contribution in [3.63, 3.8) is 0 Å². The number of guanidine groups is 1. The summed E-state index contributed by atoms with van der Waals surface area (Å²) in [4.78, 5) is 18.6. The average Bonchev–Trinajstić information content (AvgIpc) is 2.58. The Balaban J connectivity index is 0.00000576. The normalized spacial score (nSPS) is 18.4. The third-order valence-corrected chi connectivity index (χ3v) is 4.21. The number of hydrogen-bond donors (Lipinski definition) is 3. The summed E-state index contributed by atoms with van der Waals surface area (Å²) in [5, 5.41) is 9.24. The second kappa shape index (κ2) is 15.6. The number of likely N-dealkylation sites (tertiary alicyclic amines) is 1. The van der Waals surface area contributed by atoms with Crippen LogP contribution in [0.15, 0.2) is 4.99 Å². The molecule has 1 unspecified atom stereocenters. The van der Waals surface area contributed by atoms with E-state index in [1.165, 1.54) is 25.8 Å². The lowest BCUT2D eigenvalue weighted by atomic mass is 10.0. The number of nitrogens with one attached hydrogen (secondary N) is 3. The van der Waals surface area contributed by atoms with Crippen LogP contribution >= 0.6 is 24.0 Å². The van der Waals surface area contributed by atoms with Crippen LogP contribution in [-0.2, 0) is 9.53 Å². The van der Waals surface area contributed by atoms with Gasteiger partial charge in [-0.2, -0.15) is 0 Å². The van der Waals surface area contributed by atoms with E-state index in [-0.39, 0.29) is 36.4 Å². The van der Waals surface area contributed by atoms with Gasteiger partial charge in [0, 0.05) is 39.3 Å². The third-order valence-electron chi connectivity index (χ3n) is 4.21. The van der Waals surface area contributed by atoms with E-state index in [4.69, 9.17) is 4.74 Å². The minimum atomic E-state index is -0.0913. The minimum Gasteiger partial charge on any atom is -0.383 e. The molecule has 7 nitrogen and oxygen atoms in total. The third kappa shape index (κ3) is 11.6. The fourth-order valence-electron chi connectivity index (χ4n) is 2.82. The molecule has 1 amide bonds. The van der Waals surface area contributed by atoms with Crippen LogP contribution in [0.25, 0.3) is 0 Å². The molecule has 0 aromatic rings. The molecule has 0 aromatic carbocycles. The van der Waals surface area contributed by atoms with Gasteiger partial charge in [-0.3, -0.25) is 4.79 Å². The summed E-state index contributed by atoms with van der Waals surface area (Å²) in [7, 11) is 1.61. The quantitative estimate of drug-likeness (QED) is 0.194. The van der Waals surface area contributed by atoms with Gasteiger partial charge in [0.1, 0.15) is 6.54 Å². The standard InChI is InChI=1S/C17H35N5O2.HI/c1-4-18-17(21-14-16(23)19-10-13-24-3)20-9-7-12-22-11-6-5-8-15(22)2;/h15H,4-14H2,1-3H3,(H,19,23)(H2,18,20,21);1H. The molecule has 0 aliphatic carbocycles. The number of hydrogen-bond acceptors (Lipinski definition) is 4. The van der Waals surface area contributed by atoms with Crippen LogP contribution in [0, 0.1) is 0 Å². The van der Waals surface area contributed by atoms with E-state index in [9.17, 15) is 4.79 Å². The van der Waals surface area contributed by atoms with Gasteiger partial charge in [-0.25, -0.2) is 4.99 Å². The maximum atomic E-state index is 11.7. The lowest BCUT2D eigenvalue weighted by Crippen LogP contribution is -2.41. The van der Waals surface area contributed by atoms with Crippen LogP contribution in [-0.4, -0.2) is 75.8 Å². The van der Waals surface area contributed by atoms with Crippen molar-refractivity contribution in [2.24, 2.45) is 4.99 Å². The Labute approximate surface area is 169 Å². The van der Waals surface area contributed by atoms with Crippen molar-refractivity contribution in [3.05, 3.63) is 0 Å². The Morgan fingerprint density at radius 2 is 2.04 bits per heavy atom. The van der Waals surface area contributed by atoms with Crippen molar-refractivity contribution in [1.82, 2.24) is 20.9 Å². The van der Waals surface area contributed by atoms with Crippen LogP contribution in [0.5, 0.6) is 0 Å². The number of rotatable bonds is 10. The van der Waals surface area contributed by atoms with Crippen LogP contribution in [0.3, 0.4) is 0 Å². The van der Waals surface area contributed by atoms with Gasteiger partial charge in [-0.1, -0.05) is 6.42 Å². The van der Waals surface area contributed by atoms with Gasteiger partial charge in [-0.05, 0) is 39.7 Å². The molecule has 1 saturated heterocycles. The molecule has 1 atom stereocenters. The molecule has 1 fully saturated rings. The Bertz CT molecular complexity index is 382. The summed E-state index contributed by atoms with van der Waals surface area (Å²) in [6.45, 7) is 9.47. The van der Waals surface area contributed by atoms with E-state index in [0.717, 1.165) is 26.1 Å². The Hall–Kier alpha value is -0.610. The van der Waals surface area contributed by atoms with Crippen molar-refractivity contribution in [2.75, 3.05) is 53.0 Å². The Kier molecular flexibility index (Phi) is 15.2. The summed E-state index contributed by atoms with van der Waals surface area (Å²) >= 11 is 0. The number of piperidine rings is 1. The molecule has 8 heteroatoms. The molecular weight excluding hydrogens is 433 g/mol. The van der Waals surface area contributed by atoms with E-state index in [1.807, 2.05) is 6.92 Å². The predicted octanol–water partition coefficient (Wildman–Crippen LogP) is 1.19. The second-order valence-corrected chi connectivity index (χ2v) is 6.20. The van der Waals surface area contributed by atoms with Crippen molar-refractivity contribution >= 4 is 35.8 Å². The number of aliphatic imine (C=N–C) groups is 1. The summed E-state index contributed by atoms with van der Waals surface area (Å²) < 4.78 is 4.90. The number of halogens is 1. The maximum absolute atomic E-state index is 11.7. The van der Waals surface area contributed by atoms with Crippen molar-refractivity contribution in [3.8, 4) is 0 Å². The fraction of sp³-hybridized carbons (Fsp3) is 0.882. The van der Waals surface area contributed by atoms with E-state index in [0.29, 0.717) is 25.2 Å². The first-order valence-corrected chi connectivity index (χ1v) is 9.19. The van der Waals surface area contributed by atoms with Crippen LogP contribution in [0.2, 0.25) is 0 Å². The molecule has 1 aliphatic rings. The average molecular weight is 469 g/mol. The minimum absolute atomic E-state index is 0. The van der Waals surface area contributed by atoms with Gasteiger partial charge in [0.05, 0.1) is 6.61 Å². The fourth-order valence-corrected chi connectivity index (χ4v) is 2.82. The molecule has 0 radical (unpaired) electrons. The smallest absolute Gasteiger partial charge is 0.241 e. The maximum Gasteiger partial charge on any atom is 0.241 e. The van der Waals surface area contributed by atoms with Crippen molar-refractivity contribution < 1.29 is 9.53 Å². The first-order chi connectivity index (χ1) is 11.7. The summed E-state index contributed by atoms with van der Waals surface area (Å²) in [6.07, 6.45) is 5.07. The number of nitrogens with zero attached hydrogens (tertiary/aromatic N) is 2. The zero-order valence-corrected chi connectivity index (χ0v) is 18.3. The monoisotopic (exact) mass is 469 g/mol. The molecule has 0 saturated carbocycles. The largest absolute Gasteiger partial charge is 0.383 e. The van der Waals surface area contributed by atoms with Gasteiger partial charge in [0.25, 0.3) is 0 Å². The second-order valence-electron chi connectivity index (χ2n) is 6.20. The Morgan fingerprint density at radius 3 is 2.72 bits per heavy atom. The lowest BCUT2D eigenvalue weighted by molar-refractivity contribution is -0.119. The zero-order chi connectivity index (χ0) is 17.6. The highest BCUT2D eigenvalue weighted by Crippen LogP contribution is 2.15. The molecular formula is C17H36IN5O2. The van der Waals surface area contributed by atoms with E-state index < -0.39 is 0 Å². The molecule has 1 aliphatic heterocycles. The highest BCUT2D eigenvalue weighted by atomic mass is 127. The number of carbonyl (C=O) groups is 1. The van der Waals surface area contributed by atoms with Crippen LogP contribution < -0.4 is 16.0 Å². The summed E-state index contributed by atoms with van der Waals surface area (Å²) in [6, 6.07) is 0.705.